The molecule has 1 amide bonds. The van der Waals surface area contributed by atoms with Gasteiger partial charge < -0.3 is 4.74 Å². The van der Waals surface area contributed by atoms with E-state index in [9.17, 15) is 4.79 Å². The molecular formula is C15H19NO2. The number of terminal acetylenes is 1. The first-order valence-electron chi connectivity index (χ1n) is 5.88. The Morgan fingerprint density at radius 1 is 1.33 bits per heavy atom. The first-order valence-corrected chi connectivity index (χ1v) is 5.88. The minimum Gasteiger partial charge on any atom is -0.443 e. The maximum atomic E-state index is 12.2. The van der Waals surface area contributed by atoms with Crippen molar-refractivity contribution >= 4 is 11.8 Å². The van der Waals surface area contributed by atoms with E-state index in [-0.39, 0.29) is 6.04 Å². The molecule has 1 rings (SSSR count). The smallest absolute Gasteiger partial charge is 0.415 e. The van der Waals surface area contributed by atoms with Gasteiger partial charge >= 0.3 is 6.09 Å². The van der Waals surface area contributed by atoms with Crippen LogP contribution in [-0.2, 0) is 4.74 Å². The molecule has 0 heterocycles. The largest absolute Gasteiger partial charge is 0.443 e. The van der Waals surface area contributed by atoms with Gasteiger partial charge in [0.05, 0.1) is 6.04 Å². The van der Waals surface area contributed by atoms with Crippen LogP contribution in [0, 0.1) is 12.3 Å². The van der Waals surface area contributed by atoms with Gasteiger partial charge in [0.15, 0.2) is 0 Å². The third kappa shape index (κ3) is 3.81. The predicted molar refractivity (Wildman–Crippen MR) is 73.5 cm³/mol. The molecule has 0 aromatic heterocycles. The molecule has 0 spiro atoms. The van der Waals surface area contributed by atoms with Gasteiger partial charge in [0.1, 0.15) is 5.60 Å². The lowest BCUT2D eigenvalue weighted by atomic mass is 10.2. The normalized spacial score (nSPS) is 12.4. The average molecular weight is 245 g/mol. The van der Waals surface area contributed by atoms with Crippen LogP contribution in [0.25, 0.3) is 0 Å². The van der Waals surface area contributed by atoms with Gasteiger partial charge in [-0.3, -0.25) is 4.90 Å². The van der Waals surface area contributed by atoms with Crippen molar-refractivity contribution in [3.8, 4) is 12.3 Å². The Kier molecular flexibility index (Phi) is 4.38. The van der Waals surface area contributed by atoms with Crippen molar-refractivity contribution in [1.29, 1.82) is 0 Å². The van der Waals surface area contributed by atoms with Gasteiger partial charge in [0, 0.05) is 5.69 Å². The summed E-state index contributed by atoms with van der Waals surface area (Å²) >= 11 is 0. The second-order valence-corrected chi connectivity index (χ2v) is 5.03. The van der Waals surface area contributed by atoms with Crippen molar-refractivity contribution in [3.63, 3.8) is 0 Å². The number of para-hydroxylation sites is 1. The fourth-order valence-corrected chi connectivity index (χ4v) is 1.46. The van der Waals surface area contributed by atoms with Crippen LogP contribution in [0.15, 0.2) is 30.3 Å². The molecule has 0 saturated heterocycles. The SMILES string of the molecule is C#CC(C)N(C(=O)OC(C)(C)C)c1ccccc1. The highest BCUT2D eigenvalue weighted by Gasteiger charge is 2.26. The summed E-state index contributed by atoms with van der Waals surface area (Å²) in [6.07, 6.45) is 4.98. The molecule has 1 atom stereocenters. The maximum Gasteiger partial charge on any atom is 0.415 e. The zero-order valence-electron chi connectivity index (χ0n) is 11.3. The highest BCUT2D eigenvalue weighted by atomic mass is 16.6. The van der Waals surface area contributed by atoms with E-state index in [4.69, 9.17) is 11.2 Å². The van der Waals surface area contributed by atoms with Crippen molar-refractivity contribution < 1.29 is 9.53 Å². The van der Waals surface area contributed by atoms with E-state index in [1.165, 1.54) is 4.90 Å². The lowest BCUT2D eigenvalue weighted by molar-refractivity contribution is 0.0575. The second kappa shape index (κ2) is 5.59. The van der Waals surface area contributed by atoms with E-state index in [0.29, 0.717) is 0 Å². The van der Waals surface area contributed by atoms with Gasteiger partial charge in [-0.2, -0.15) is 0 Å². The number of rotatable bonds is 2. The molecular weight excluding hydrogens is 226 g/mol. The summed E-state index contributed by atoms with van der Waals surface area (Å²) in [6, 6.07) is 8.90. The number of ether oxygens (including phenoxy) is 1. The highest BCUT2D eigenvalue weighted by Crippen LogP contribution is 2.20. The molecule has 3 heteroatoms. The van der Waals surface area contributed by atoms with Crippen molar-refractivity contribution in [2.45, 2.75) is 39.3 Å². The summed E-state index contributed by atoms with van der Waals surface area (Å²) < 4.78 is 5.37. The quantitative estimate of drug-likeness (QED) is 0.747. The Balaban J connectivity index is 3.01. The van der Waals surface area contributed by atoms with E-state index in [1.807, 2.05) is 51.1 Å². The molecule has 96 valence electrons. The summed E-state index contributed by atoms with van der Waals surface area (Å²) in [5, 5.41) is 0. The minimum atomic E-state index is -0.543. The molecule has 1 aromatic carbocycles. The van der Waals surface area contributed by atoms with Gasteiger partial charge in [-0.05, 0) is 39.8 Å². The van der Waals surface area contributed by atoms with Crippen LogP contribution >= 0.6 is 0 Å². The molecule has 0 aliphatic rings. The van der Waals surface area contributed by atoms with Crippen LogP contribution < -0.4 is 4.90 Å². The highest BCUT2D eigenvalue weighted by molar-refractivity contribution is 5.89. The van der Waals surface area contributed by atoms with Crippen LogP contribution in [0.4, 0.5) is 10.5 Å². The molecule has 3 nitrogen and oxygen atoms in total. The van der Waals surface area contributed by atoms with Crippen molar-refractivity contribution in [2.24, 2.45) is 0 Å². The molecule has 0 aliphatic carbocycles. The molecule has 0 bridgehead atoms. The Labute approximate surface area is 109 Å². The van der Waals surface area contributed by atoms with Gasteiger partial charge in [0.2, 0.25) is 0 Å². The van der Waals surface area contributed by atoms with Gasteiger partial charge in [0.25, 0.3) is 0 Å². The third-order valence-electron chi connectivity index (χ3n) is 2.25. The van der Waals surface area contributed by atoms with E-state index in [0.717, 1.165) is 5.69 Å². The molecule has 0 aliphatic heterocycles. The number of hydrogen-bond acceptors (Lipinski definition) is 2. The number of carbonyl (C=O) groups is 1. The van der Waals surface area contributed by atoms with Gasteiger partial charge in [-0.25, -0.2) is 4.79 Å². The van der Waals surface area contributed by atoms with E-state index < -0.39 is 11.7 Å². The minimum absolute atomic E-state index is 0.359. The van der Waals surface area contributed by atoms with Crippen molar-refractivity contribution in [2.75, 3.05) is 4.90 Å². The Hall–Kier alpha value is -1.95. The predicted octanol–water partition coefficient (Wildman–Crippen LogP) is 3.45. The van der Waals surface area contributed by atoms with Crippen LogP contribution in [0.5, 0.6) is 0 Å². The maximum absolute atomic E-state index is 12.2. The van der Waals surface area contributed by atoms with Crippen LogP contribution in [-0.4, -0.2) is 17.7 Å². The summed E-state index contributed by atoms with van der Waals surface area (Å²) in [4.78, 5) is 13.6. The van der Waals surface area contributed by atoms with Gasteiger partial charge in [-0.1, -0.05) is 24.1 Å². The lowest BCUT2D eigenvalue weighted by Gasteiger charge is -2.29. The average Bonchev–Trinajstić information content (AvgIpc) is 2.28. The number of nitrogens with zero attached hydrogens (tertiary/aromatic N) is 1. The summed E-state index contributed by atoms with van der Waals surface area (Å²) in [5.41, 5.74) is 0.190. The van der Waals surface area contributed by atoms with E-state index >= 15 is 0 Å². The van der Waals surface area contributed by atoms with Crippen molar-refractivity contribution in [1.82, 2.24) is 0 Å². The number of amides is 1. The number of carbonyl (C=O) groups excluding carboxylic acids is 1. The van der Waals surface area contributed by atoms with E-state index in [2.05, 4.69) is 5.92 Å². The lowest BCUT2D eigenvalue weighted by Crippen LogP contribution is -2.41. The van der Waals surface area contributed by atoms with Crippen LogP contribution in [0.2, 0.25) is 0 Å². The number of benzene rings is 1. The fraction of sp³-hybridized carbons (Fsp3) is 0.400. The molecule has 0 radical (unpaired) electrons. The topological polar surface area (TPSA) is 29.5 Å². The molecule has 18 heavy (non-hydrogen) atoms. The standard InChI is InChI=1S/C15H19NO2/c1-6-12(2)16(13-10-8-7-9-11-13)14(17)18-15(3,4)5/h1,7-12H,2-5H3. The zero-order chi connectivity index (χ0) is 13.8. The summed E-state index contributed by atoms with van der Waals surface area (Å²) in [6.45, 7) is 7.27. The molecule has 0 fully saturated rings. The second-order valence-electron chi connectivity index (χ2n) is 5.03. The van der Waals surface area contributed by atoms with Crippen LogP contribution in [0.1, 0.15) is 27.7 Å². The zero-order valence-corrected chi connectivity index (χ0v) is 11.3. The first-order chi connectivity index (χ1) is 8.35. The van der Waals surface area contributed by atoms with Crippen molar-refractivity contribution in [3.05, 3.63) is 30.3 Å². The van der Waals surface area contributed by atoms with Crippen LogP contribution in [0.3, 0.4) is 0 Å². The Bertz CT molecular complexity index is 440. The van der Waals surface area contributed by atoms with Gasteiger partial charge in [-0.15, -0.1) is 6.42 Å². The molecule has 0 N–H and O–H groups in total. The number of anilines is 1. The third-order valence-corrected chi connectivity index (χ3v) is 2.25. The number of hydrogen-bond donors (Lipinski definition) is 0. The monoisotopic (exact) mass is 245 g/mol. The summed E-state index contributed by atoms with van der Waals surface area (Å²) in [5.74, 6) is 2.56. The fourth-order valence-electron chi connectivity index (χ4n) is 1.46. The Morgan fingerprint density at radius 3 is 2.33 bits per heavy atom. The molecule has 1 unspecified atom stereocenters. The first kappa shape index (κ1) is 14.1. The molecule has 1 aromatic rings. The molecule has 0 saturated carbocycles. The summed E-state index contributed by atoms with van der Waals surface area (Å²) in [7, 11) is 0. The Morgan fingerprint density at radius 2 is 1.89 bits per heavy atom. The van der Waals surface area contributed by atoms with E-state index in [1.54, 1.807) is 6.92 Å².